The van der Waals surface area contributed by atoms with Gasteiger partial charge >= 0.3 is 0 Å². The van der Waals surface area contributed by atoms with E-state index in [-0.39, 0.29) is 5.78 Å². The van der Waals surface area contributed by atoms with Gasteiger partial charge < -0.3 is 14.8 Å². The SMILES string of the molecule is CC.CC.CCNCC1=CCC#CC=C1.CCOc1cc(C)c(C(=O)CCC(C)CC)cc1OCC. The summed E-state index contributed by atoms with van der Waals surface area (Å²) in [6.07, 6.45) is 9.67. The second kappa shape index (κ2) is 24.2. The van der Waals surface area contributed by atoms with Crippen LogP contribution < -0.4 is 14.8 Å². The molecule has 1 atom stereocenters. The third-order valence-corrected chi connectivity index (χ3v) is 5.28. The maximum absolute atomic E-state index is 12.4. The van der Waals surface area contributed by atoms with Gasteiger partial charge in [-0.25, -0.2) is 0 Å². The zero-order chi connectivity index (χ0) is 27.8. The van der Waals surface area contributed by atoms with Gasteiger partial charge in [-0.1, -0.05) is 72.8 Å². The van der Waals surface area contributed by atoms with Crippen molar-refractivity contribution in [2.45, 2.75) is 94.9 Å². The summed E-state index contributed by atoms with van der Waals surface area (Å²) in [7, 11) is 0. The van der Waals surface area contributed by atoms with E-state index in [0.717, 1.165) is 49.2 Å². The molecule has 4 heteroatoms. The third-order valence-electron chi connectivity index (χ3n) is 5.28. The smallest absolute Gasteiger partial charge is 0.163 e. The molecule has 0 aliphatic heterocycles. The van der Waals surface area contributed by atoms with Gasteiger partial charge in [0.1, 0.15) is 0 Å². The fourth-order valence-electron chi connectivity index (χ4n) is 3.13. The number of carbonyl (C=O) groups is 1. The van der Waals surface area contributed by atoms with E-state index in [1.165, 1.54) is 5.57 Å². The second-order valence-corrected chi connectivity index (χ2v) is 7.87. The average molecular weight is 500 g/mol. The highest BCUT2D eigenvalue weighted by atomic mass is 16.5. The zero-order valence-corrected chi connectivity index (χ0v) is 24.8. The Balaban J connectivity index is 0. The van der Waals surface area contributed by atoms with Crippen molar-refractivity contribution < 1.29 is 14.3 Å². The Bertz CT molecular complexity index is 828. The molecule has 1 aliphatic rings. The van der Waals surface area contributed by atoms with Gasteiger partial charge in [0, 0.05) is 24.9 Å². The first-order chi connectivity index (χ1) is 17.5. The number of benzene rings is 1. The predicted octanol–water partition coefficient (Wildman–Crippen LogP) is 8.34. The lowest BCUT2D eigenvalue weighted by Crippen LogP contribution is -2.15. The molecule has 0 aromatic heterocycles. The Morgan fingerprint density at radius 2 is 1.64 bits per heavy atom. The molecule has 0 heterocycles. The third kappa shape index (κ3) is 15.5. The Kier molecular flexibility index (Phi) is 24.0. The van der Waals surface area contributed by atoms with Crippen molar-refractivity contribution in [3.05, 3.63) is 47.1 Å². The molecule has 0 fully saturated rings. The van der Waals surface area contributed by atoms with Crippen LogP contribution >= 0.6 is 0 Å². The van der Waals surface area contributed by atoms with Crippen molar-refractivity contribution in [2.75, 3.05) is 26.3 Å². The summed E-state index contributed by atoms with van der Waals surface area (Å²) in [5, 5.41) is 3.27. The highest BCUT2D eigenvalue weighted by molar-refractivity contribution is 5.98. The Labute approximate surface area is 222 Å². The first kappa shape index (κ1) is 35.7. The number of Topliss-reactive ketones (excluding diaryl/α,β-unsaturated/α-hetero) is 1. The molecule has 1 aromatic carbocycles. The van der Waals surface area contributed by atoms with Gasteiger partial charge in [0.15, 0.2) is 17.3 Å². The Morgan fingerprint density at radius 3 is 2.19 bits per heavy atom. The van der Waals surface area contributed by atoms with Gasteiger partial charge in [0.05, 0.1) is 13.2 Å². The molecule has 0 amide bonds. The normalized spacial score (nSPS) is 11.9. The van der Waals surface area contributed by atoms with Crippen molar-refractivity contribution in [3.8, 4) is 23.3 Å². The highest BCUT2D eigenvalue weighted by Gasteiger charge is 2.15. The summed E-state index contributed by atoms with van der Waals surface area (Å²) in [6.45, 7) is 23.4. The largest absolute Gasteiger partial charge is 0.490 e. The van der Waals surface area contributed by atoms with Crippen LogP contribution in [0, 0.1) is 24.7 Å². The van der Waals surface area contributed by atoms with Crippen LogP contribution in [-0.4, -0.2) is 32.1 Å². The van der Waals surface area contributed by atoms with E-state index in [1.807, 2.05) is 66.7 Å². The van der Waals surface area contributed by atoms with E-state index in [4.69, 9.17) is 9.47 Å². The molecule has 0 saturated heterocycles. The number of nitrogens with one attached hydrogen (secondary N) is 1. The first-order valence-corrected chi connectivity index (χ1v) is 13.9. The minimum Gasteiger partial charge on any atom is -0.490 e. The maximum Gasteiger partial charge on any atom is 0.163 e. The summed E-state index contributed by atoms with van der Waals surface area (Å²) in [4.78, 5) is 12.4. The van der Waals surface area contributed by atoms with E-state index in [2.05, 4.69) is 50.1 Å². The maximum atomic E-state index is 12.4. The molecule has 0 spiro atoms. The van der Waals surface area contributed by atoms with Crippen molar-refractivity contribution in [3.63, 3.8) is 0 Å². The number of likely N-dealkylation sites (N-methyl/N-ethyl adjacent to an activating group) is 1. The average Bonchev–Trinajstić information content (AvgIpc) is 3.19. The van der Waals surface area contributed by atoms with E-state index in [1.54, 1.807) is 0 Å². The van der Waals surface area contributed by atoms with Crippen LogP contribution in [0.25, 0.3) is 0 Å². The number of hydrogen-bond acceptors (Lipinski definition) is 4. The summed E-state index contributed by atoms with van der Waals surface area (Å²) >= 11 is 0. The van der Waals surface area contributed by atoms with Crippen molar-refractivity contribution in [1.29, 1.82) is 0 Å². The molecule has 204 valence electrons. The number of carbonyl (C=O) groups excluding carboxylic acids is 1. The van der Waals surface area contributed by atoms with Gasteiger partial charge in [-0.2, -0.15) is 0 Å². The molecule has 36 heavy (non-hydrogen) atoms. The molecule has 0 saturated carbocycles. The summed E-state index contributed by atoms with van der Waals surface area (Å²) in [6, 6.07) is 3.74. The summed E-state index contributed by atoms with van der Waals surface area (Å²) < 4.78 is 11.2. The lowest BCUT2D eigenvalue weighted by molar-refractivity contribution is 0.0973. The molecule has 1 unspecified atom stereocenters. The monoisotopic (exact) mass is 499 g/mol. The van der Waals surface area contributed by atoms with Gasteiger partial charge in [-0.3, -0.25) is 4.79 Å². The van der Waals surface area contributed by atoms with Crippen molar-refractivity contribution in [1.82, 2.24) is 5.32 Å². The van der Waals surface area contributed by atoms with Gasteiger partial charge in [-0.05, 0) is 75.1 Å². The van der Waals surface area contributed by atoms with E-state index >= 15 is 0 Å². The van der Waals surface area contributed by atoms with Crippen LogP contribution in [0.2, 0.25) is 0 Å². The van der Waals surface area contributed by atoms with Crippen LogP contribution in [-0.2, 0) is 0 Å². The van der Waals surface area contributed by atoms with E-state index in [0.29, 0.717) is 31.3 Å². The lowest BCUT2D eigenvalue weighted by atomic mass is 9.96. The standard InChI is InChI=1S/C18H28O3.C10H13N.2C2H6/c1-6-13(4)9-10-16(19)15-12-18(21-8-3)17(20-7-2)11-14(15)5;1-2-11-9-10-7-5-3-4-6-8-10;2*1-2/h11-13H,6-10H2,1-5H3;5,7-8,11H,2,6,9H2,1H3;2*1-2H3. The van der Waals surface area contributed by atoms with Crippen LogP contribution in [0.4, 0.5) is 0 Å². The highest BCUT2D eigenvalue weighted by Crippen LogP contribution is 2.32. The molecule has 2 rings (SSSR count). The summed E-state index contributed by atoms with van der Waals surface area (Å²) in [5.74, 6) is 8.12. The number of hydrogen-bond donors (Lipinski definition) is 1. The predicted molar refractivity (Wildman–Crippen MR) is 157 cm³/mol. The topological polar surface area (TPSA) is 47.6 Å². The fraction of sp³-hybridized carbons (Fsp3) is 0.594. The summed E-state index contributed by atoms with van der Waals surface area (Å²) in [5.41, 5.74) is 3.03. The van der Waals surface area contributed by atoms with Crippen molar-refractivity contribution in [2.24, 2.45) is 5.92 Å². The lowest BCUT2D eigenvalue weighted by Gasteiger charge is -2.15. The van der Waals surface area contributed by atoms with Crippen LogP contribution in [0.15, 0.2) is 35.9 Å². The van der Waals surface area contributed by atoms with Crippen LogP contribution in [0.5, 0.6) is 11.5 Å². The minimum absolute atomic E-state index is 0.191. The fourth-order valence-corrected chi connectivity index (χ4v) is 3.13. The minimum atomic E-state index is 0.191. The molecule has 4 nitrogen and oxygen atoms in total. The zero-order valence-electron chi connectivity index (χ0n) is 24.8. The van der Waals surface area contributed by atoms with Gasteiger partial charge in [-0.15, -0.1) is 0 Å². The molecule has 1 aromatic rings. The number of aryl methyl sites for hydroxylation is 1. The van der Waals surface area contributed by atoms with Gasteiger partial charge in [0.25, 0.3) is 0 Å². The number of rotatable bonds is 12. The Morgan fingerprint density at radius 1 is 1.03 bits per heavy atom. The van der Waals surface area contributed by atoms with Crippen LogP contribution in [0.3, 0.4) is 0 Å². The molecular weight excluding hydrogens is 446 g/mol. The second-order valence-electron chi connectivity index (χ2n) is 7.87. The van der Waals surface area contributed by atoms with E-state index < -0.39 is 0 Å². The van der Waals surface area contributed by atoms with E-state index in [9.17, 15) is 4.79 Å². The molecular formula is C32H53NO3. The quantitative estimate of drug-likeness (QED) is 0.232. The number of allylic oxidation sites excluding steroid dienone is 2. The first-order valence-electron chi connectivity index (χ1n) is 13.9. The van der Waals surface area contributed by atoms with Crippen molar-refractivity contribution >= 4 is 5.78 Å². The number of ether oxygens (including phenoxy) is 2. The van der Waals surface area contributed by atoms with Crippen LogP contribution in [0.1, 0.15) is 104 Å². The molecule has 0 radical (unpaired) electrons. The number of ketones is 1. The van der Waals surface area contributed by atoms with Gasteiger partial charge in [0.2, 0.25) is 0 Å². The Hall–Kier alpha value is -2.51. The molecule has 1 aliphatic carbocycles. The molecule has 0 bridgehead atoms. The molecule has 1 N–H and O–H groups in total.